The van der Waals surface area contributed by atoms with Gasteiger partial charge in [0.05, 0.1) is 6.54 Å². The van der Waals surface area contributed by atoms with E-state index in [9.17, 15) is 9.59 Å². The summed E-state index contributed by atoms with van der Waals surface area (Å²) in [5.41, 5.74) is 1.78. The summed E-state index contributed by atoms with van der Waals surface area (Å²) in [6.07, 6.45) is -0.199. The van der Waals surface area contributed by atoms with Gasteiger partial charge in [0.2, 0.25) is 0 Å². The first-order chi connectivity index (χ1) is 14.1. The van der Waals surface area contributed by atoms with Gasteiger partial charge < -0.3 is 24.6 Å². The lowest BCUT2D eigenvalue weighted by Gasteiger charge is -2.36. The predicted octanol–water partition coefficient (Wildman–Crippen LogP) is 2.56. The number of benzene rings is 2. The van der Waals surface area contributed by atoms with Gasteiger partial charge in [0.1, 0.15) is 6.61 Å². The minimum absolute atomic E-state index is 0.0638. The standard InChI is InChI=1S/C22H25N3O4/c1-16(26)17-6-8-18(9-7-17)24-10-12-25(13-11-24)22(27)23-14-19-15-28-20-4-2-3-5-21(20)29-19/h2-9,19H,10-15H2,1H3,(H,23,27)/t19-/m0/s1. The van der Waals surface area contributed by atoms with Gasteiger partial charge in [-0.1, -0.05) is 12.1 Å². The van der Waals surface area contributed by atoms with Gasteiger partial charge in [-0.2, -0.15) is 0 Å². The molecule has 2 heterocycles. The van der Waals surface area contributed by atoms with Crippen molar-refractivity contribution in [1.29, 1.82) is 0 Å². The van der Waals surface area contributed by atoms with E-state index in [1.54, 1.807) is 6.92 Å². The zero-order valence-corrected chi connectivity index (χ0v) is 16.5. The van der Waals surface area contributed by atoms with E-state index in [2.05, 4.69) is 10.2 Å². The van der Waals surface area contributed by atoms with Crippen LogP contribution in [-0.2, 0) is 0 Å². The zero-order chi connectivity index (χ0) is 20.2. The Balaban J connectivity index is 1.24. The maximum absolute atomic E-state index is 12.5. The van der Waals surface area contributed by atoms with Crippen LogP contribution in [0, 0.1) is 0 Å². The number of carbonyl (C=O) groups excluding carboxylic acids is 2. The topological polar surface area (TPSA) is 71.1 Å². The molecule has 2 amide bonds. The predicted molar refractivity (Wildman–Crippen MR) is 110 cm³/mol. The fraction of sp³-hybridized carbons (Fsp3) is 0.364. The monoisotopic (exact) mass is 395 g/mol. The smallest absolute Gasteiger partial charge is 0.317 e. The number of anilines is 1. The Morgan fingerprint density at radius 1 is 1.00 bits per heavy atom. The fourth-order valence-corrected chi connectivity index (χ4v) is 3.55. The Kier molecular flexibility index (Phi) is 5.55. The summed E-state index contributed by atoms with van der Waals surface area (Å²) in [5, 5.41) is 2.95. The first-order valence-electron chi connectivity index (χ1n) is 9.87. The number of rotatable bonds is 4. The third kappa shape index (κ3) is 4.45. The lowest BCUT2D eigenvalue weighted by Crippen LogP contribution is -2.53. The third-order valence-electron chi connectivity index (χ3n) is 5.25. The van der Waals surface area contributed by atoms with Crippen LogP contribution in [0.4, 0.5) is 10.5 Å². The van der Waals surface area contributed by atoms with Crippen molar-refractivity contribution in [2.45, 2.75) is 13.0 Å². The third-order valence-corrected chi connectivity index (χ3v) is 5.25. The van der Waals surface area contributed by atoms with Gasteiger partial charge in [0.25, 0.3) is 0 Å². The minimum Gasteiger partial charge on any atom is -0.486 e. The highest BCUT2D eigenvalue weighted by atomic mass is 16.6. The molecule has 1 atom stereocenters. The van der Waals surface area contributed by atoms with Crippen molar-refractivity contribution in [2.24, 2.45) is 0 Å². The lowest BCUT2D eigenvalue weighted by atomic mass is 10.1. The van der Waals surface area contributed by atoms with Crippen LogP contribution in [-0.4, -0.2) is 62.1 Å². The van der Waals surface area contributed by atoms with Gasteiger partial charge in [-0.15, -0.1) is 0 Å². The van der Waals surface area contributed by atoms with E-state index < -0.39 is 0 Å². The number of nitrogens with zero attached hydrogens (tertiary/aromatic N) is 2. The lowest BCUT2D eigenvalue weighted by molar-refractivity contribution is 0.0900. The second-order valence-corrected chi connectivity index (χ2v) is 7.26. The molecule has 2 aromatic carbocycles. The number of amides is 2. The van der Waals surface area contributed by atoms with Gasteiger partial charge in [0, 0.05) is 37.4 Å². The molecule has 0 radical (unpaired) electrons. The Hall–Kier alpha value is -3.22. The number of Topliss-reactive ketones (excluding diaryl/α,β-unsaturated/α-hetero) is 1. The molecule has 4 rings (SSSR count). The summed E-state index contributed by atoms with van der Waals surface area (Å²) in [6.45, 7) is 5.18. The number of ether oxygens (including phenoxy) is 2. The van der Waals surface area contributed by atoms with Crippen LogP contribution in [0.15, 0.2) is 48.5 Å². The van der Waals surface area contributed by atoms with Gasteiger partial charge in [-0.3, -0.25) is 4.79 Å². The number of fused-ring (bicyclic) bond motifs is 1. The van der Waals surface area contributed by atoms with E-state index in [1.165, 1.54) is 0 Å². The largest absolute Gasteiger partial charge is 0.486 e. The Morgan fingerprint density at radius 3 is 2.38 bits per heavy atom. The number of nitrogens with one attached hydrogen (secondary N) is 1. The molecule has 7 heteroatoms. The quantitative estimate of drug-likeness (QED) is 0.806. The van der Waals surface area contributed by atoms with Crippen LogP contribution in [0.2, 0.25) is 0 Å². The molecule has 2 aliphatic heterocycles. The molecule has 0 unspecified atom stereocenters. The van der Waals surface area contributed by atoms with Gasteiger partial charge in [-0.05, 0) is 43.3 Å². The van der Waals surface area contributed by atoms with Crippen molar-refractivity contribution < 1.29 is 19.1 Å². The normalized spacial score (nSPS) is 18.3. The SMILES string of the molecule is CC(=O)c1ccc(N2CCN(C(=O)NC[C@H]3COc4ccccc4O3)CC2)cc1. The molecule has 2 aromatic rings. The molecular weight excluding hydrogens is 370 g/mol. The van der Waals surface area contributed by atoms with Crippen molar-refractivity contribution in [3.05, 3.63) is 54.1 Å². The van der Waals surface area contributed by atoms with E-state index in [1.807, 2.05) is 53.4 Å². The number of ketones is 1. The minimum atomic E-state index is -0.199. The summed E-state index contributed by atoms with van der Waals surface area (Å²) in [4.78, 5) is 28.0. The van der Waals surface area contributed by atoms with Crippen LogP contribution in [0.3, 0.4) is 0 Å². The molecule has 1 N–H and O–H groups in total. The van der Waals surface area contributed by atoms with Crippen molar-refractivity contribution in [3.63, 3.8) is 0 Å². The van der Waals surface area contributed by atoms with Crippen LogP contribution in [0.5, 0.6) is 11.5 Å². The number of hydrogen-bond donors (Lipinski definition) is 1. The van der Waals surface area contributed by atoms with Crippen LogP contribution < -0.4 is 19.7 Å². The maximum Gasteiger partial charge on any atom is 0.317 e. The molecule has 29 heavy (non-hydrogen) atoms. The van der Waals surface area contributed by atoms with E-state index in [0.717, 1.165) is 24.5 Å². The van der Waals surface area contributed by atoms with Crippen LogP contribution in [0.1, 0.15) is 17.3 Å². The van der Waals surface area contributed by atoms with Crippen molar-refractivity contribution in [3.8, 4) is 11.5 Å². The average Bonchev–Trinajstić information content (AvgIpc) is 2.77. The Labute approximate surface area is 170 Å². The molecule has 0 saturated carbocycles. The van der Waals surface area contributed by atoms with E-state index >= 15 is 0 Å². The first-order valence-corrected chi connectivity index (χ1v) is 9.87. The number of urea groups is 1. The molecule has 0 spiro atoms. The number of para-hydroxylation sites is 2. The first kappa shape index (κ1) is 19.1. The summed E-state index contributed by atoms with van der Waals surface area (Å²) in [7, 11) is 0. The highest BCUT2D eigenvalue weighted by Gasteiger charge is 2.24. The van der Waals surface area contributed by atoms with Crippen LogP contribution >= 0.6 is 0 Å². The highest BCUT2D eigenvalue weighted by Crippen LogP contribution is 2.30. The second-order valence-electron chi connectivity index (χ2n) is 7.26. The number of piperazine rings is 1. The molecule has 1 fully saturated rings. The molecule has 2 aliphatic rings. The van der Waals surface area contributed by atoms with Gasteiger partial charge in [0.15, 0.2) is 23.4 Å². The maximum atomic E-state index is 12.5. The second kappa shape index (κ2) is 8.43. The van der Waals surface area contributed by atoms with Crippen LogP contribution in [0.25, 0.3) is 0 Å². The average molecular weight is 395 g/mol. The summed E-state index contributed by atoms with van der Waals surface area (Å²) in [6, 6.07) is 15.1. The van der Waals surface area contributed by atoms with Crippen molar-refractivity contribution in [1.82, 2.24) is 10.2 Å². The molecule has 1 saturated heterocycles. The number of carbonyl (C=O) groups is 2. The van der Waals surface area contributed by atoms with Gasteiger partial charge >= 0.3 is 6.03 Å². The molecule has 0 aliphatic carbocycles. The summed E-state index contributed by atoms with van der Waals surface area (Å²) in [5.74, 6) is 1.51. The van der Waals surface area contributed by atoms with E-state index in [-0.39, 0.29) is 17.9 Å². The summed E-state index contributed by atoms with van der Waals surface area (Å²) >= 11 is 0. The van der Waals surface area contributed by atoms with Crippen molar-refractivity contribution in [2.75, 3.05) is 44.2 Å². The molecule has 7 nitrogen and oxygen atoms in total. The Bertz CT molecular complexity index is 876. The zero-order valence-electron chi connectivity index (χ0n) is 16.5. The Morgan fingerprint density at radius 2 is 1.69 bits per heavy atom. The molecular formula is C22H25N3O4. The summed E-state index contributed by atoms with van der Waals surface area (Å²) < 4.78 is 11.6. The number of hydrogen-bond acceptors (Lipinski definition) is 5. The fourth-order valence-electron chi connectivity index (χ4n) is 3.55. The van der Waals surface area contributed by atoms with Crippen molar-refractivity contribution >= 4 is 17.5 Å². The van der Waals surface area contributed by atoms with E-state index in [0.29, 0.717) is 37.6 Å². The molecule has 0 aromatic heterocycles. The molecule has 0 bridgehead atoms. The van der Waals surface area contributed by atoms with Gasteiger partial charge in [-0.25, -0.2) is 4.79 Å². The highest BCUT2D eigenvalue weighted by molar-refractivity contribution is 5.94. The van der Waals surface area contributed by atoms with E-state index in [4.69, 9.17) is 9.47 Å². The molecule has 152 valence electrons.